The van der Waals surface area contributed by atoms with Crippen LogP contribution in [0, 0.1) is 17.8 Å². The second kappa shape index (κ2) is 21.9. The van der Waals surface area contributed by atoms with Crippen molar-refractivity contribution in [1.29, 1.82) is 0 Å². The number of hydrogen-bond donors (Lipinski definition) is 4. The number of nitrogens with one attached hydrogen (secondary N) is 1. The molecule has 2 aromatic rings. The molecule has 2 amide bonds. The Labute approximate surface area is 345 Å². The van der Waals surface area contributed by atoms with E-state index in [2.05, 4.69) is 23.1 Å². The number of benzene rings is 2. The summed E-state index contributed by atoms with van der Waals surface area (Å²) in [5.41, 5.74) is 2.59. The molecule has 3 aliphatic rings. The molecule has 0 saturated heterocycles. The largest absolute Gasteiger partial charge is 0.497 e. The summed E-state index contributed by atoms with van der Waals surface area (Å²) in [6.07, 6.45) is 6.81. The number of carbonyl (C=O) groups excluding carboxylic acids is 2. The quantitative estimate of drug-likeness (QED) is 0.0646. The molecule has 0 unspecified atom stereocenters. The van der Waals surface area contributed by atoms with Gasteiger partial charge in [-0.25, -0.2) is 9.59 Å². The summed E-state index contributed by atoms with van der Waals surface area (Å²) in [6.45, 7) is 4.18. The Morgan fingerprint density at radius 1 is 0.966 bits per heavy atom. The molecule has 1 fully saturated rings. The molecule has 59 heavy (non-hydrogen) atoms. The molecule has 16 nitrogen and oxygen atoms in total. The zero-order valence-corrected chi connectivity index (χ0v) is 34.4. The van der Waals surface area contributed by atoms with E-state index in [0.29, 0.717) is 47.9 Å². The molecule has 0 bridgehead atoms. The van der Waals surface area contributed by atoms with Crippen LogP contribution >= 0.6 is 0 Å². The summed E-state index contributed by atoms with van der Waals surface area (Å²) in [6, 6.07) is 9.36. The van der Waals surface area contributed by atoms with Crippen LogP contribution in [0.5, 0.6) is 23.0 Å². The summed E-state index contributed by atoms with van der Waals surface area (Å²) < 4.78 is 41.6. The first kappa shape index (κ1) is 45.2. The van der Waals surface area contributed by atoms with E-state index in [4.69, 9.17) is 38.0 Å². The van der Waals surface area contributed by atoms with Gasteiger partial charge in [-0.3, -0.25) is 10.2 Å². The number of nitrogens with zero attached hydrogens (tertiary/aromatic N) is 2. The molecule has 1 saturated carbocycles. The van der Waals surface area contributed by atoms with E-state index in [-0.39, 0.29) is 76.1 Å². The highest BCUT2D eigenvalue weighted by molar-refractivity contribution is 6.03. The van der Waals surface area contributed by atoms with Gasteiger partial charge in [0.15, 0.2) is 0 Å². The Morgan fingerprint density at radius 2 is 1.73 bits per heavy atom. The van der Waals surface area contributed by atoms with Crippen LogP contribution in [0.25, 0.3) is 0 Å². The van der Waals surface area contributed by atoms with Crippen molar-refractivity contribution in [3.8, 4) is 23.0 Å². The molecule has 0 aromatic heterocycles. The van der Waals surface area contributed by atoms with Gasteiger partial charge in [0.1, 0.15) is 36.1 Å². The van der Waals surface area contributed by atoms with Gasteiger partial charge in [0, 0.05) is 43.7 Å². The number of aliphatic hydroxyl groups excluding tert-OH is 3. The van der Waals surface area contributed by atoms with Crippen molar-refractivity contribution in [3.63, 3.8) is 0 Å². The number of unbranched alkanes of at least 4 members (excludes halogenated alkanes) is 2. The van der Waals surface area contributed by atoms with Crippen molar-refractivity contribution >= 4 is 23.6 Å². The Hall–Kier alpha value is -4.87. The fourth-order valence-corrected chi connectivity index (χ4v) is 8.79. The van der Waals surface area contributed by atoms with Gasteiger partial charge in [0.2, 0.25) is 5.79 Å². The molecule has 6 atom stereocenters. The van der Waals surface area contributed by atoms with E-state index in [0.717, 1.165) is 30.4 Å². The summed E-state index contributed by atoms with van der Waals surface area (Å²) in [4.78, 5) is 34.2. The Morgan fingerprint density at radius 3 is 2.41 bits per heavy atom. The van der Waals surface area contributed by atoms with Crippen molar-refractivity contribution in [1.82, 2.24) is 4.90 Å². The molecule has 2 aromatic carbocycles. The Bertz CT molecular complexity index is 1790. The van der Waals surface area contributed by atoms with Gasteiger partial charge in [-0.1, -0.05) is 30.1 Å². The smallest absolute Gasteiger partial charge is 0.417 e. The monoisotopic (exact) mass is 825 g/mol. The molecule has 1 aliphatic heterocycles. The number of ether oxygens (including phenoxy) is 7. The highest BCUT2D eigenvalue weighted by Crippen LogP contribution is 2.62. The molecular weight excluding hydrogens is 766 g/mol. The van der Waals surface area contributed by atoms with Crippen LogP contribution < -0.4 is 24.3 Å². The number of anilines is 1. The summed E-state index contributed by atoms with van der Waals surface area (Å²) in [7, 11) is 5.80. The number of rotatable bonds is 22. The number of fused-ring (bicyclic) bond motifs is 2. The zero-order chi connectivity index (χ0) is 42.4. The molecular formula is C43H59N3O13. The third-order valence-corrected chi connectivity index (χ3v) is 11.2. The summed E-state index contributed by atoms with van der Waals surface area (Å²) in [5.74, 6) is -0.854. The van der Waals surface area contributed by atoms with Crippen molar-refractivity contribution in [2.24, 2.45) is 22.9 Å². The van der Waals surface area contributed by atoms with Crippen LogP contribution in [-0.2, 0) is 19.0 Å². The fraction of sp³-hybridized carbons (Fsp3) is 0.558. The van der Waals surface area contributed by atoms with E-state index in [1.165, 1.54) is 33.3 Å². The Kier molecular flexibility index (Phi) is 16.8. The predicted octanol–water partition coefficient (Wildman–Crippen LogP) is 5.66. The van der Waals surface area contributed by atoms with Gasteiger partial charge < -0.3 is 53.3 Å². The standard InChI is InChI=1S/C43H59N3O13/c1-6-21-57-43-38(46(42(51)54-4)17-22-56-23-20-49)27-35(45-55-5)32-24-28(11-7-9-18-47)31(12-8-10-19-48)39(40(32)43)33-25-30(14-16-36(33)59-43)58-41(50)44-34-15-13-29(52-2)26-37(34)53-3/h6,13-16,24-26,28,31,38-40,47-49H,1,7-12,17-23,27H2,2-5H3,(H,44,50)/t28-,31+,38-,39+,40+,43+/m0/s1. The average molecular weight is 826 g/mol. The molecule has 0 spiro atoms. The van der Waals surface area contributed by atoms with E-state index in [1.54, 1.807) is 36.4 Å². The first-order valence-corrected chi connectivity index (χ1v) is 20.1. The predicted molar refractivity (Wildman–Crippen MR) is 218 cm³/mol. The lowest BCUT2D eigenvalue weighted by Crippen LogP contribution is -2.70. The van der Waals surface area contributed by atoms with Gasteiger partial charge in [-0.15, -0.1) is 6.58 Å². The van der Waals surface area contributed by atoms with Crippen molar-refractivity contribution in [2.75, 3.05) is 79.9 Å². The third-order valence-electron chi connectivity index (χ3n) is 11.2. The van der Waals surface area contributed by atoms with Crippen molar-refractivity contribution < 1.29 is 62.9 Å². The maximum absolute atomic E-state index is 13.8. The Balaban J connectivity index is 1.68. The molecule has 2 aliphatic carbocycles. The van der Waals surface area contributed by atoms with Crippen LogP contribution in [-0.4, -0.2) is 125 Å². The highest BCUT2D eigenvalue weighted by Gasteiger charge is 2.65. The fourth-order valence-electron chi connectivity index (χ4n) is 8.79. The first-order valence-electron chi connectivity index (χ1n) is 20.1. The van der Waals surface area contributed by atoms with E-state index < -0.39 is 29.9 Å². The first-order chi connectivity index (χ1) is 28.7. The number of amides is 2. The number of carbonyl (C=O) groups is 2. The lowest BCUT2D eigenvalue weighted by Gasteiger charge is -2.59. The number of oxime groups is 1. The summed E-state index contributed by atoms with van der Waals surface area (Å²) >= 11 is 0. The number of allylic oxidation sites excluding steroid dienone is 1. The van der Waals surface area contributed by atoms with Crippen LogP contribution in [0.1, 0.15) is 56.4 Å². The van der Waals surface area contributed by atoms with E-state index in [9.17, 15) is 24.9 Å². The third kappa shape index (κ3) is 10.3. The van der Waals surface area contributed by atoms with Crippen LogP contribution in [0.2, 0.25) is 0 Å². The van der Waals surface area contributed by atoms with Crippen LogP contribution in [0.3, 0.4) is 0 Å². The molecule has 324 valence electrons. The van der Waals surface area contributed by atoms with Gasteiger partial charge in [0.05, 0.1) is 65.1 Å². The number of aliphatic hydroxyl groups is 3. The van der Waals surface area contributed by atoms with Crippen LogP contribution in [0.4, 0.5) is 15.3 Å². The number of methoxy groups -OCH3 is 3. The van der Waals surface area contributed by atoms with Gasteiger partial charge >= 0.3 is 12.2 Å². The SMILES string of the molecule is C=CCO[C@@]12Oc3ccc(OC(=O)Nc4ccc(OC)cc4OC)cc3[C@H]3[C@H](CCCCO)[C@@H](CCCCO)C=C(C(=NOC)C[C@@H]1N(CCOCCO)C(=O)OC)[C@H]32. The van der Waals surface area contributed by atoms with Gasteiger partial charge in [0.25, 0.3) is 0 Å². The minimum atomic E-state index is -1.52. The second-order valence-corrected chi connectivity index (χ2v) is 14.5. The van der Waals surface area contributed by atoms with E-state index >= 15 is 0 Å². The molecule has 16 heteroatoms. The van der Waals surface area contributed by atoms with Gasteiger partial charge in [-0.2, -0.15) is 0 Å². The maximum Gasteiger partial charge on any atom is 0.417 e. The lowest BCUT2D eigenvalue weighted by molar-refractivity contribution is -0.255. The minimum Gasteiger partial charge on any atom is -0.497 e. The second-order valence-electron chi connectivity index (χ2n) is 14.5. The molecule has 0 radical (unpaired) electrons. The normalized spacial score (nSPS) is 23.5. The van der Waals surface area contributed by atoms with Crippen LogP contribution in [0.15, 0.2) is 65.9 Å². The topological polar surface area (TPSA) is 196 Å². The molecule has 5 rings (SSSR count). The zero-order valence-electron chi connectivity index (χ0n) is 34.4. The number of hydrogen-bond acceptors (Lipinski definition) is 14. The molecule has 4 N–H and O–H groups in total. The van der Waals surface area contributed by atoms with Crippen molar-refractivity contribution in [2.45, 2.75) is 62.7 Å². The van der Waals surface area contributed by atoms with Gasteiger partial charge in [-0.05, 0) is 73.4 Å². The average Bonchev–Trinajstić information content (AvgIpc) is 3.24. The maximum atomic E-state index is 13.8. The van der Waals surface area contributed by atoms with E-state index in [1.807, 2.05) is 6.07 Å². The summed E-state index contributed by atoms with van der Waals surface area (Å²) in [5, 5.41) is 36.4. The molecule has 1 heterocycles. The minimum absolute atomic E-state index is 0.00263. The highest BCUT2D eigenvalue weighted by atomic mass is 16.7. The lowest BCUT2D eigenvalue weighted by atomic mass is 9.55. The van der Waals surface area contributed by atoms with Crippen molar-refractivity contribution in [3.05, 3.63) is 66.3 Å².